The molecule has 1 aromatic heterocycles. The first-order valence-corrected chi connectivity index (χ1v) is 10.6. The molecule has 7 nitrogen and oxygen atoms in total. The van der Waals surface area contributed by atoms with Crippen molar-refractivity contribution in [2.24, 2.45) is 0 Å². The van der Waals surface area contributed by atoms with Crippen LogP contribution in [0, 0.1) is 17.7 Å². The van der Waals surface area contributed by atoms with Gasteiger partial charge in [-0.1, -0.05) is 30.0 Å². The quantitative estimate of drug-likeness (QED) is 0.498. The summed E-state index contributed by atoms with van der Waals surface area (Å²) in [6, 6.07) is 11.4. The third-order valence-corrected chi connectivity index (χ3v) is 5.39. The average Bonchev–Trinajstić information content (AvgIpc) is 3.46. The van der Waals surface area contributed by atoms with E-state index in [2.05, 4.69) is 16.8 Å². The Labute approximate surface area is 191 Å². The van der Waals surface area contributed by atoms with Crippen LogP contribution in [0.3, 0.4) is 0 Å². The van der Waals surface area contributed by atoms with Crippen molar-refractivity contribution in [3.05, 3.63) is 72.1 Å². The van der Waals surface area contributed by atoms with E-state index in [0.717, 1.165) is 11.1 Å². The zero-order valence-corrected chi connectivity index (χ0v) is 18.1. The Bertz CT molecular complexity index is 1150. The smallest absolute Gasteiger partial charge is 0.165 e. The Morgan fingerprint density at radius 1 is 1.21 bits per heavy atom. The molecule has 0 bridgehead atoms. The van der Waals surface area contributed by atoms with Crippen LogP contribution >= 0.6 is 0 Å². The van der Waals surface area contributed by atoms with Gasteiger partial charge in [0.25, 0.3) is 0 Å². The van der Waals surface area contributed by atoms with Crippen LogP contribution in [-0.2, 0) is 4.74 Å². The van der Waals surface area contributed by atoms with Crippen molar-refractivity contribution < 1.29 is 29.2 Å². The number of rotatable bonds is 6. The summed E-state index contributed by atoms with van der Waals surface area (Å²) in [4.78, 5) is 4.11. The van der Waals surface area contributed by atoms with E-state index >= 15 is 0 Å². The van der Waals surface area contributed by atoms with Gasteiger partial charge in [-0.15, -0.1) is 0 Å². The monoisotopic (exact) mass is 452 g/mol. The molecule has 2 aromatic carbocycles. The first kappa shape index (κ1) is 23.0. The van der Waals surface area contributed by atoms with Gasteiger partial charge < -0.3 is 29.4 Å². The molecule has 0 saturated carbocycles. The lowest BCUT2D eigenvalue weighted by Crippen LogP contribution is -2.30. The van der Waals surface area contributed by atoms with Gasteiger partial charge >= 0.3 is 0 Å². The maximum atomic E-state index is 14.5. The third kappa shape index (κ3) is 5.24. The Kier molecular flexibility index (Phi) is 7.06. The van der Waals surface area contributed by atoms with Crippen molar-refractivity contribution in [2.45, 2.75) is 31.3 Å². The van der Waals surface area contributed by atoms with Crippen molar-refractivity contribution in [2.75, 3.05) is 19.8 Å². The second-order valence-electron chi connectivity index (χ2n) is 7.82. The molecule has 1 aliphatic heterocycles. The zero-order valence-electron chi connectivity index (χ0n) is 18.1. The molecule has 8 heteroatoms. The van der Waals surface area contributed by atoms with E-state index in [1.165, 1.54) is 6.07 Å². The van der Waals surface area contributed by atoms with Gasteiger partial charge in [-0.3, -0.25) is 0 Å². The highest BCUT2D eigenvalue weighted by atomic mass is 19.1. The van der Waals surface area contributed by atoms with Crippen molar-refractivity contribution in [1.29, 1.82) is 0 Å². The lowest BCUT2D eigenvalue weighted by molar-refractivity contribution is 0.0708. The predicted molar refractivity (Wildman–Crippen MR) is 119 cm³/mol. The van der Waals surface area contributed by atoms with E-state index in [4.69, 9.17) is 9.47 Å². The van der Waals surface area contributed by atoms with Crippen LogP contribution in [0.15, 0.2) is 54.9 Å². The molecular weight excluding hydrogens is 427 g/mol. The third-order valence-electron chi connectivity index (χ3n) is 5.39. The predicted octanol–water partition coefficient (Wildman–Crippen LogP) is 2.47. The summed E-state index contributed by atoms with van der Waals surface area (Å²) >= 11 is 0. The first-order valence-electron chi connectivity index (χ1n) is 10.6. The molecule has 3 aromatic rings. The van der Waals surface area contributed by atoms with Gasteiger partial charge in [0.05, 0.1) is 19.8 Å². The number of hydrogen-bond donors (Lipinski definition) is 3. The summed E-state index contributed by atoms with van der Waals surface area (Å²) in [6.45, 7) is 1.79. The Morgan fingerprint density at radius 2 is 1.97 bits per heavy atom. The average molecular weight is 452 g/mol. The van der Waals surface area contributed by atoms with E-state index < -0.39 is 30.2 Å². The lowest BCUT2D eigenvalue weighted by Gasteiger charge is -2.16. The molecule has 33 heavy (non-hydrogen) atoms. The van der Waals surface area contributed by atoms with Crippen LogP contribution in [0.4, 0.5) is 4.39 Å². The first-order chi connectivity index (χ1) is 16.0. The van der Waals surface area contributed by atoms with Crippen molar-refractivity contribution >= 4 is 0 Å². The SMILES string of the molecule is C[C@H](O)c1nccn1[C@@H](C#Cc1ccc(-c2ccc(O[C@H]3COCC3O)c(F)c2)cc1)CO. The maximum absolute atomic E-state index is 14.5. The van der Waals surface area contributed by atoms with E-state index in [1.54, 1.807) is 36.0 Å². The topological polar surface area (TPSA) is 97.0 Å². The maximum Gasteiger partial charge on any atom is 0.165 e. The molecule has 1 saturated heterocycles. The molecule has 0 radical (unpaired) electrons. The molecule has 172 valence electrons. The molecule has 4 rings (SSSR count). The Morgan fingerprint density at radius 3 is 2.61 bits per heavy atom. The number of aliphatic hydroxyl groups excluding tert-OH is 3. The van der Waals surface area contributed by atoms with E-state index in [9.17, 15) is 19.7 Å². The Balaban J connectivity index is 1.47. The number of imidazole rings is 1. The Hall–Kier alpha value is -3.22. The minimum absolute atomic E-state index is 0.0712. The standard InChI is InChI=1S/C25H25FN2O5/c1-16(30)25-27-10-11-28(25)20(13-29)8-4-17-2-5-18(6-3-17)19-7-9-23(21(26)12-19)33-24-15-32-14-22(24)31/h2-3,5-7,9-12,16,20,22,24,29-31H,13-15H2,1H3/t16-,20-,22?,24-/m0/s1. The molecule has 4 atom stereocenters. The van der Waals surface area contributed by atoms with Gasteiger partial charge in [0.15, 0.2) is 17.7 Å². The fraction of sp³-hybridized carbons (Fsp3) is 0.320. The fourth-order valence-electron chi connectivity index (χ4n) is 3.60. The molecule has 3 N–H and O–H groups in total. The van der Waals surface area contributed by atoms with Crippen molar-refractivity contribution in [3.63, 3.8) is 0 Å². The molecule has 1 unspecified atom stereocenters. The van der Waals surface area contributed by atoms with Crippen molar-refractivity contribution in [1.82, 2.24) is 9.55 Å². The normalized spacial score (nSPS) is 19.5. The van der Waals surface area contributed by atoms with E-state index in [-0.39, 0.29) is 25.6 Å². The summed E-state index contributed by atoms with van der Waals surface area (Å²) in [6.07, 6.45) is 1.10. The van der Waals surface area contributed by atoms with Crippen LogP contribution in [0.1, 0.15) is 30.5 Å². The molecule has 1 aliphatic rings. The number of aliphatic hydroxyl groups is 3. The molecule has 0 spiro atoms. The molecule has 2 heterocycles. The minimum atomic E-state index is -0.774. The zero-order chi connectivity index (χ0) is 23.4. The summed E-state index contributed by atoms with van der Waals surface area (Å²) in [7, 11) is 0. The number of hydrogen-bond acceptors (Lipinski definition) is 6. The van der Waals surface area contributed by atoms with Gasteiger partial charge in [-0.05, 0) is 42.3 Å². The molecule has 0 aliphatic carbocycles. The number of ether oxygens (including phenoxy) is 2. The highest BCUT2D eigenvalue weighted by molar-refractivity contribution is 5.65. The van der Waals surface area contributed by atoms with E-state index in [0.29, 0.717) is 11.4 Å². The van der Waals surface area contributed by atoms with Gasteiger partial charge in [-0.2, -0.15) is 0 Å². The summed E-state index contributed by atoms with van der Waals surface area (Å²) in [5.41, 5.74) is 2.21. The van der Waals surface area contributed by atoms with Gasteiger partial charge in [0, 0.05) is 18.0 Å². The second kappa shape index (κ2) is 10.1. The summed E-state index contributed by atoms with van der Waals surface area (Å²) in [5, 5.41) is 29.3. The van der Waals surface area contributed by atoms with Crippen molar-refractivity contribution in [3.8, 4) is 28.7 Å². The second-order valence-corrected chi connectivity index (χ2v) is 7.82. The molecule has 1 fully saturated rings. The summed E-state index contributed by atoms with van der Waals surface area (Å²) < 4.78 is 26.9. The van der Waals surface area contributed by atoms with Gasteiger partial charge in [0.1, 0.15) is 24.1 Å². The van der Waals surface area contributed by atoms with Crippen LogP contribution in [-0.4, -0.2) is 56.9 Å². The van der Waals surface area contributed by atoms with Gasteiger partial charge in [0.2, 0.25) is 0 Å². The van der Waals surface area contributed by atoms with Crippen LogP contribution in [0.5, 0.6) is 5.75 Å². The summed E-state index contributed by atoms with van der Waals surface area (Å²) in [5.74, 6) is 6.01. The van der Waals surface area contributed by atoms with Gasteiger partial charge in [-0.25, -0.2) is 9.37 Å². The number of benzene rings is 2. The number of aromatic nitrogens is 2. The van der Waals surface area contributed by atoms with Crippen LogP contribution in [0.2, 0.25) is 0 Å². The highest BCUT2D eigenvalue weighted by Gasteiger charge is 2.28. The lowest BCUT2D eigenvalue weighted by atomic mass is 10.0. The number of nitrogens with zero attached hydrogens (tertiary/aromatic N) is 2. The van der Waals surface area contributed by atoms with Crippen LogP contribution < -0.4 is 4.74 Å². The number of halogens is 1. The molecule has 0 amide bonds. The van der Waals surface area contributed by atoms with Crippen LogP contribution in [0.25, 0.3) is 11.1 Å². The minimum Gasteiger partial charge on any atom is -0.482 e. The fourth-order valence-corrected chi connectivity index (χ4v) is 3.60. The largest absolute Gasteiger partial charge is 0.482 e. The highest BCUT2D eigenvalue weighted by Crippen LogP contribution is 2.27. The molecular formula is C25H25FN2O5. The van der Waals surface area contributed by atoms with E-state index in [1.807, 2.05) is 24.3 Å².